The molecule has 1 aromatic heterocycles. The minimum atomic E-state index is -4.33. The summed E-state index contributed by atoms with van der Waals surface area (Å²) in [5, 5.41) is 0. The molecule has 4 heteroatoms. The zero-order chi connectivity index (χ0) is 11.8. The van der Waals surface area contributed by atoms with Gasteiger partial charge in [0.15, 0.2) is 0 Å². The molecule has 0 unspecified atom stereocenters. The SMILES string of the molecule is Cc1ccc(-n2cccc2C(F)(F)F)cc1. The molecular weight excluding hydrogens is 215 g/mol. The first kappa shape index (κ1) is 10.8. The van der Waals surface area contributed by atoms with Crippen LogP contribution in [-0.4, -0.2) is 4.57 Å². The van der Waals surface area contributed by atoms with Crippen molar-refractivity contribution in [3.8, 4) is 5.69 Å². The van der Waals surface area contributed by atoms with Gasteiger partial charge in [0.25, 0.3) is 0 Å². The maximum atomic E-state index is 12.6. The van der Waals surface area contributed by atoms with Crippen LogP contribution >= 0.6 is 0 Å². The number of aromatic nitrogens is 1. The molecular formula is C12H10F3N. The maximum absolute atomic E-state index is 12.6. The van der Waals surface area contributed by atoms with E-state index >= 15 is 0 Å². The largest absolute Gasteiger partial charge is 0.431 e. The lowest BCUT2D eigenvalue weighted by Crippen LogP contribution is -2.11. The molecule has 2 rings (SSSR count). The highest BCUT2D eigenvalue weighted by atomic mass is 19.4. The average Bonchev–Trinajstić information content (AvgIpc) is 2.66. The average molecular weight is 225 g/mol. The quantitative estimate of drug-likeness (QED) is 0.695. The van der Waals surface area contributed by atoms with Gasteiger partial charge >= 0.3 is 6.18 Å². The Hall–Kier alpha value is -1.71. The number of nitrogens with zero attached hydrogens (tertiary/aromatic N) is 1. The monoisotopic (exact) mass is 225 g/mol. The van der Waals surface area contributed by atoms with Crippen molar-refractivity contribution in [2.24, 2.45) is 0 Å². The molecule has 2 aromatic rings. The van der Waals surface area contributed by atoms with Gasteiger partial charge < -0.3 is 4.57 Å². The Bertz CT molecular complexity index is 480. The van der Waals surface area contributed by atoms with Crippen LogP contribution in [0.2, 0.25) is 0 Å². The lowest BCUT2D eigenvalue weighted by molar-refractivity contribution is -0.142. The van der Waals surface area contributed by atoms with Crippen molar-refractivity contribution in [1.29, 1.82) is 0 Å². The van der Waals surface area contributed by atoms with E-state index in [0.717, 1.165) is 16.2 Å². The van der Waals surface area contributed by atoms with Crippen molar-refractivity contribution in [2.45, 2.75) is 13.1 Å². The molecule has 0 spiro atoms. The fraction of sp³-hybridized carbons (Fsp3) is 0.167. The first-order valence-electron chi connectivity index (χ1n) is 4.80. The van der Waals surface area contributed by atoms with Crippen molar-refractivity contribution < 1.29 is 13.2 Å². The van der Waals surface area contributed by atoms with Crippen molar-refractivity contribution >= 4 is 0 Å². The highest BCUT2D eigenvalue weighted by Crippen LogP contribution is 2.31. The van der Waals surface area contributed by atoms with E-state index in [2.05, 4.69) is 0 Å². The normalized spacial score (nSPS) is 11.8. The first-order valence-corrected chi connectivity index (χ1v) is 4.80. The number of rotatable bonds is 1. The Kier molecular flexibility index (Phi) is 2.50. The van der Waals surface area contributed by atoms with Crippen molar-refractivity contribution in [2.75, 3.05) is 0 Å². The molecule has 0 aliphatic heterocycles. The van der Waals surface area contributed by atoms with E-state index < -0.39 is 11.9 Å². The smallest absolute Gasteiger partial charge is 0.313 e. The molecule has 1 nitrogen and oxygen atoms in total. The first-order chi connectivity index (χ1) is 7.48. The van der Waals surface area contributed by atoms with Crippen LogP contribution in [0.1, 0.15) is 11.3 Å². The highest BCUT2D eigenvalue weighted by Gasteiger charge is 2.34. The maximum Gasteiger partial charge on any atom is 0.431 e. The summed E-state index contributed by atoms with van der Waals surface area (Å²) in [6, 6.07) is 9.38. The summed E-state index contributed by atoms with van der Waals surface area (Å²) in [5.74, 6) is 0. The molecule has 1 heterocycles. The molecule has 0 radical (unpaired) electrons. The number of hydrogen-bond acceptors (Lipinski definition) is 0. The molecule has 0 aliphatic rings. The van der Waals surface area contributed by atoms with Crippen LogP contribution in [0.3, 0.4) is 0 Å². The third kappa shape index (κ3) is 1.96. The van der Waals surface area contributed by atoms with Gasteiger partial charge in [0.2, 0.25) is 0 Å². The zero-order valence-corrected chi connectivity index (χ0v) is 8.62. The number of hydrogen-bond donors (Lipinski definition) is 0. The molecule has 0 saturated carbocycles. The number of aryl methyl sites for hydroxylation is 1. The van der Waals surface area contributed by atoms with Gasteiger partial charge in [-0.05, 0) is 31.2 Å². The van der Waals surface area contributed by atoms with E-state index in [9.17, 15) is 13.2 Å². The number of halogens is 3. The van der Waals surface area contributed by atoms with Crippen LogP contribution in [0, 0.1) is 6.92 Å². The van der Waals surface area contributed by atoms with Crippen molar-refractivity contribution in [3.05, 3.63) is 53.9 Å². The molecule has 0 fully saturated rings. The van der Waals surface area contributed by atoms with Crippen LogP contribution in [0.4, 0.5) is 13.2 Å². The predicted octanol–water partition coefficient (Wildman–Crippen LogP) is 3.80. The van der Waals surface area contributed by atoms with Crippen molar-refractivity contribution in [1.82, 2.24) is 4.57 Å². The van der Waals surface area contributed by atoms with Crippen LogP contribution in [-0.2, 0) is 6.18 Å². The third-order valence-corrected chi connectivity index (χ3v) is 2.35. The summed E-state index contributed by atoms with van der Waals surface area (Å²) in [6.45, 7) is 1.89. The van der Waals surface area contributed by atoms with E-state index in [1.807, 2.05) is 6.92 Å². The summed E-state index contributed by atoms with van der Waals surface area (Å²) in [4.78, 5) is 0. The van der Waals surface area contributed by atoms with E-state index in [1.165, 1.54) is 12.3 Å². The minimum absolute atomic E-state index is 0.517. The van der Waals surface area contributed by atoms with E-state index in [1.54, 1.807) is 24.3 Å². The highest BCUT2D eigenvalue weighted by molar-refractivity contribution is 5.37. The standard InChI is InChI=1S/C12H10F3N/c1-9-4-6-10(7-5-9)16-8-2-3-11(16)12(13,14)15/h2-8H,1H3. The molecule has 0 atom stereocenters. The minimum Gasteiger partial charge on any atom is -0.313 e. The van der Waals surface area contributed by atoms with Crippen LogP contribution < -0.4 is 0 Å². The van der Waals surface area contributed by atoms with Gasteiger partial charge in [0.05, 0.1) is 0 Å². The second-order valence-electron chi connectivity index (χ2n) is 3.60. The Morgan fingerprint density at radius 1 is 1.00 bits per heavy atom. The summed E-state index contributed by atoms with van der Waals surface area (Å²) in [7, 11) is 0. The fourth-order valence-corrected chi connectivity index (χ4v) is 1.54. The van der Waals surface area contributed by atoms with Gasteiger partial charge in [-0.2, -0.15) is 13.2 Å². The van der Waals surface area contributed by atoms with Crippen LogP contribution in [0.5, 0.6) is 0 Å². The number of benzene rings is 1. The predicted molar refractivity (Wildman–Crippen MR) is 55.5 cm³/mol. The Morgan fingerprint density at radius 2 is 1.62 bits per heavy atom. The Morgan fingerprint density at radius 3 is 2.19 bits per heavy atom. The molecule has 1 aromatic carbocycles. The lowest BCUT2D eigenvalue weighted by atomic mass is 10.2. The Labute approximate surface area is 91.1 Å². The third-order valence-electron chi connectivity index (χ3n) is 2.35. The summed E-state index contributed by atoms with van der Waals surface area (Å²) >= 11 is 0. The molecule has 0 bridgehead atoms. The molecule has 16 heavy (non-hydrogen) atoms. The van der Waals surface area contributed by atoms with Gasteiger partial charge in [-0.3, -0.25) is 0 Å². The second kappa shape index (κ2) is 3.70. The Balaban J connectivity index is 2.49. The van der Waals surface area contributed by atoms with E-state index in [-0.39, 0.29) is 0 Å². The van der Waals surface area contributed by atoms with Crippen molar-refractivity contribution in [3.63, 3.8) is 0 Å². The van der Waals surface area contributed by atoms with Gasteiger partial charge in [0.1, 0.15) is 5.69 Å². The van der Waals surface area contributed by atoms with Gasteiger partial charge in [-0.15, -0.1) is 0 Å². The van der Waals surface area contributed by atoms with Gasteiger partial charge in [-0.1, -0.05) is 17.7 Å². The van der Waals surface area contributed by atoms with E-state index in [0.29, 0.717) is 5.69 Å². The fourth-order valence-electron chi connectivity index (χ4n) is 1.54. The zero-order valence-electron chi connectivity index (χ0n) is 8.62. The second-order valence-corrected chi connectivity index (χ2v) is 3.60. The molecule has 0 amide bonds. The van der Waals surface area contributed by atoms with Gasteiger partial charge in [-0.25, -0.2) is 0 Å². The molecule has 0 N–H and O–H groups in total. The molecule has 0 aliphatic carbocycles. The lowest BCUT2D eigenvalue weighted by Gasteiger charge is -2.11. The number of alkyl halides is 3. The van der Waals surface area contributed by atoms with Gasteiger partial charge in [0, 0.05) is 11.9 Å². The molecule has 0 saturated heterocycles. The van der Waals surface area contributed by atoms with E-state index in [4.69, 9.17) is 0 Å². The topological polar surface area (TPSA) is 4.93 Å². The summed E-state index contributed by atoms with van der Waals surface area (Å²) < 4.78 is 39.0. The molecule has 84 valence electrons. The van der Waals surface area contributed by atoms with Crippen LogP contribution in [0.15, 0.2) is 42.6 Å². The summed E-state index contributed by atoms with van der Waals surface area (Å²) in [5.41, 5.74) is 0.878. The summed E-state index contributed by atoms with van der Waals surface area (Å²) in [6.07, 6.45) is -2.91. The van der Waals surface area contributed by atoms with Crippen LogP contribution in [0.25, 0.3) is 5.69 Å².